The summed E-state index contributed by atoms with van der Waals surface area (Å²) in [5, 5.41) is 17.6. The molecule has 7 heteroatoms. The zero-order chi connectivity index (χ0) is 12.3. The molecule has 2 N–H and O–H groups in total. The zero-order valence-corrected chi connectivity index (χ0v) is 10.0. The smallest absolute Gasteiger partial charge is 0.249 e. The standard InChI is InChI=1S/C9H14N4O2S/c1-3-8(4-2)13-9(16(11,14)15)7(5-10)6-12-13/h6,8H,3-4H2,1-2H3,(H2,11,14,15). The first-order valence-corrected chi connectivity index (χ1v) is 6.50. The lowest BCUT2D eigenvalue weighted by molar-refractivity contribution is 0.395. The van der Waals surface area contributed by atoms with Crippen LogP contribution in [0, 0.1) is 11.3 Å². The lowest BCUT2D eigenvalue weighted by Crippen LogP contribution is -2.21. The van der Waals surface area contributed by atoms with Crippen molar-refractivity contribution < 1.29 is 8.42 Å². The Hall–Kier alpha value is -1.39. The third kappa shape index (κ3) is 2.23. The van der Waals surface area contributed by atoms with E-state index in [0.717, 1.165) is 12.8 Å². The molecule has 1 aromatic heterocycles. The maximum atomic E-state index is 11.4. The Kier molecular flexibility index (Phi) is 3.67. The highest BCUT2D eigenvalue weighted by atomic mass is 32.2. The van der Waals surface area contributed by atoms with Crippen LogP contribution in [0.5, 0.6) is 0 Å². The number of aromatic nitrogens is 2. The van der Waals surface area contributed by atoms with Crippen LogP contribution in [0.2, 0.25) is 0 Å². The van der Waals surface area contributed by atoms with Crippen LogP contribution in [0.3, 0.4) is 0 Å². The summed E-state index contributed by atoms with van der Waals surface area (Å²) in [5.41, 5.74) is -0.00519. The van der Waals surface area contributed by atoms with Crippen LogP contribution in [0.25, 0.3) is 0 Å². The minimum absolute atomic E-state index is 0.00519. The van der Waals surface area contributed by atoms with E-state index in [1.165, 1.54) is 10.9 Å². The third-order valence-electron chi connectivity index (χ3n) is 2.43. The fourth-order valence-electron chi connectivity index (χ4n) is 1.61. The van der Waals surface area contributed by atoms with E-state index >= 15 is 0 Å². The summed E-state index contributed by atoms with van der Waals surface area (Å²) in [5.74, 6) is 0. The quantitative estimate of drug-likeness (QED) is 0.842. The van der Waals surface area contributed by atoms with Gasteiger partial charge in [0.05, 0.1) is 12.2 Å². The number of nitrogens with two attached hydrogens (primary N) is 1. The number of nitrogens with zero attached hydrogens (tertiary/aromatic N) is 3. The summed E-state index contributed by atoms with van der Waals surface area (Å²) in [7, 11) is -3.92. The average Bonchev–Trinajstić information content (AvgIpc) is 2.63. The molecule has 0 saturated carbocycles. The van der Waals surface area contributed by atoms with Gasteiger partial charge in [-0.1, -0.05) is 13.8 Å². The van der Waals surface area contributed by atoms with Crippen molar-refractivity contribution in [3.63, 3.8) is 0 Å². The second-order valence-electron chi connectivity index (χ2n) is 3.44. The molecule has 0 amide bonds. The van der Waals surface area contributed by atoms with Crippen molar-refractivity contribution >= 4 is 10.0 Å². The van der Waals surface area contributed by atoms with Crippen molar-refractivity contribution in [2.24, 2.45) is 5.14 Å². The second kappa shape index (κ2) is 4.63. The Morgan fingerprint density at radius 2 is 2.12 bits per heavy atom. The molecule has 1 aromatic rings. The molecular weight excluding hydrogens is 228 g/mol. The minimum Gasteiger partial charge on any atom is -0.249 e. The highest BCUT2D eigenvalue weighted by molar-refractivity contribution is 7.89. The molecule has 16 heavy (non-hydrogen) atoms. The maximum absolute atomic E-state index is 11.4. The molecule has 0 saturated heterocycles. The van der Waals surface area contributed by atoms with E-state index in [9.17, 15) is 8.42 Å². The van der Waals surface area contributed by atoms with Gasteiger partial charge in [-0.25, -0.2) is 18.2 Å². The summed E-state index contributed by atoms with van der Waals surface area (Å²) in [6.45, 7) is 3.85. The minimum atomic E-state index is -3.92. The first-order valence-electron chi connectivity index (χ1n) is 4.96. The highest BCUT2D eigenvalue weighted by Gasteiger charge is 2.24. The van der Waals surface area contributed by atoms with Gasteiger partial charge < -0.3 is 0 Å². The Morgan fingerprint density at radius 3 is 2.50 bits per heavy atom. The van der Waals surface area contributed by atoms with Gasteiger partial charge in [0.15, 0.2) is 5.03 Å². The van der Waals surface area contributed by atoms with Gasteiger partial charge >= 0.3 is 0 Å². The molecule has 0 radical (unpaired) electrons. The fourth-order valence-corrected chi connectivity index (χ4v) is 2.47. The molecule has 0 aliphatic heterocycles. The average molecular weight is 242 g/mol. The Bertz CT molecular complexity index is 508. The normalized spacial score (nSPS) is 11.7. The highest BCUT2D eigenvalue weighted by Crippen LogP contribution is 2.22. The van der Waals surface area contributed by atoms with Gasteiger partial charge in [-0.2, -0.15) is 10.4 Å². The fraction of sp³-hybridized carbons (Fsp3) is 0.556. The number of primary sulfonamides is 1. The molecule has 0 aromatic carbocycles. The van der Waals surface area contributed by atoms with Crippen LogP contribution in [0.4, 0.5) is 0 Å². The van der Waals surface area contributed by atoms with Gasteiger partial charge in [0.25, 0.3) is 10.0 Å². The lowest BCUT2D eigenvalue weighted by atomic mass is 10.2. The number of rotatable bonds is 4. The first kappa shape index (κ1) is 12.7. The molecule has 6 nitrogen and oxygen atoms in total. The van der Waals surface area contributed by atoms with Gasteiger partial charge in [0, 0.05) is 0 Å². The maximum Gasteiger partial charge on any atom is 0.256 e. The van der Waals surface area contributed by atoms with Crippen molar-refractivity contribution in [2.75, 3.05) is 0 Å². The van der Waals surface area contributed by atoms with E-state index in [-0.39, 0.29) is 16.6 Å². The van der Waals surface area contributed by atoms with Crippen molar-refractivity contribution in [3.05, 3.63) is 11.8 Å². The van der Waals surface area contributed by atoms with E-state index in [0.29, 0.717) is 0 Å². The summed E-state index contributed by atoms with van der Waals surface area (Å²) in [4.78, 5) is 0. The predicted molar refractivity (Wildman–Crippen MR) is 57.9 cm³/mol. The zero-order valence-electron chi connectivity index (χ0n) is 9.21. The molecule has 0 aliphatic rings. The van der Waals surface area contributed by atoms with E-state index in [1.807, 2.05) is 13.8 Å². The summed E-state index contributed by atoms with van der Waals surface area (Å²) < 4.78 is 24.1. The summed E-state index contributed by atoms with van der Waals surface area (Å²) in [6.07, 6.45) is 2.69. The van der Waals surface area contributed by atoms with Gasteiger partial charge in [-0.3, -0.25) is 0 Å². The number of hydrogen-bond acceptors (Lipinski definition) is 4. The lowest BCUT2D eigenvalue weighted by Gasteiger charge is -2.15. The molecule has 0 unspecified atom stereocenters. The monoisotopic (exact) mass is 242 g/mol. The van der Waals surface area contributed by atoms with Crippen molar-refractivity contribution in [3.8, 4) is 6.07 Å². The van der Waals surface area contributed by atoms with E-state index in [1.54, 1.807) is 6.07 Å². The topological polar surface area (TPSA) is 102 Å². The molecule has 0 fully saturated rings. The van der Waals surface area contributed by atoms with Gasteiger partial charge in [-0.15, -0.1) is 0 Å². The van der Waals surface area contributed by atoms with E-state index in [2.05, 4.69) is 5.10 Å². The molecule has 0 bridgehead atoms. The van der Waals surface area contributed by atoms with Crippen molar-refractivity contribution in [2.45, 2.75) is 37.8 Å². The summed E-state index contributed by atoms with van der Waals surface area (Å²) in [6, 6.07) is 1.72. The van der Waals surface area contributed by atoms with Gasteiger partial charge in [0.2, 0.25) is 0 Å². The van der Waals surface area contributed by atoms with Crippen LogP contribution >= 0.6 is 0 Å². The van der Waals surface area contributed by atoms with Crippen LogP contribution in [-0.2, 0) is 10.0 Å². The molecule has 0 aliphatic carbocycles. The van der Waals surface area contributed by atoms with Crippen molar-refractivity contribution in [1.82, 2.24) is 9.78 Å². The molecule has 1 heterocycles. The predicted octanol–water partition coefficient (Wildman–Crippen LogP) is 0.763. The molecular formula is C9H14N4O2S. The SMILES string of the molecule is CCC(CC)n1ncc(C#N)c1S(N)(=O)=O. The summed E-state index contributed by atoms with van der Waals surface area (Å²) >= 11 is 0. The Balaban J connectivity index is 3.44. The van der Waals surface area contributed by atoms with Gasteiger partial charge in [0.1, 0.15) is 11.6 Å². The largest absolute Gasteiger partial charge is 0.256 e. The number of hydrogen-bond donors (Lipinski definition) is 1. The Labute approximate surface area is 94.7 Å². The number of sulfonamides is 1. The molecule has 0 atom stereocenters. The second-order valence-corrected chi connectivity index (χ2v) is 4.91. The van der Waals surface area contributed by atoms with Crippen LogP contribution in [0.1, 0.15) is 38.3 Å². The Morgan fingerprint density at radius 1 is 1.56 bits per heavy atom. The first-order chi connectivity index (χ1) is 7.45. The van der Waals surface area contributed by atoms with E-state index < -0.39 is 10.0 Å². The molecule has 0 spiro atoms. The third-order valence-corrected chi connectivity index (χ3v) is 3.37. The van der Waals surface area contributed by atoms with E-state index in [4.69, 9.17) is 10.4 Å². The molecule has 1 rings (SSSR count). The van der Waals surface area contributed by atoms with Crippen LogP contribution in [0.15, 0.2) is 11.2 Å². The van der Waals surface area contributed by atoms with Gasteiger partial charge in [-0.05, 0) is 12.8 Å². The van der Waals surface area contributed by atoms with Crippen LogP contribution < -0.4 is 5.14 Å². The van der Waals surface area contributed by atoms with Crippen LogP contribution in [-0.4, -0.2) is 18.2 Å². The molecule has 88 valence electrons. The van der Waals surface area contributed by atoms with Crippen molar-refractivity contribution in [1.29, 1.82) is 5.26 Å². The number of nitriles is 1.